The Bertz CT molecular complexity index is 920. The second-order valence-electron chi connectivity index (χ2n) is 6.57. The van der Waals surface area contributed by atoms with Crippen LogP contribution in [0.2, 0.25) is 10.0 Å². The Labute approximate surface area is 154 Å². The zero-order valence-electron chi connectivity index (χ0n) is 13.2. The molecule has 1 unspecified atom stereocenters. The molecule has 0 bridgehead atoms. The second-order valence-corrected chi connectivity index (χ2v) is 7.44. The lowest BCUT2D eigenvalue weighted by Crippen LogP contribution is -2.38. The van der Waals surface area contributed by atoms with Crippen LogP contribution in [0.4, 0.5) is 5.69 Å². The molecule has 1 saturated heterocycles. The number of halogens is 2. The Kier molecular flexibility index (Phi) is 3.44. The summed E-state index contributed by atoms with van der Waals surface area (Å²) in [6.07, 6.45) is 0. The lowest BCUT2D eigenvalue weighted by Gasteiger charge is -2.23. The van der Waals surface area contributed by atoms with E-state index in [4.69, 9.17) is 28.5 Å². The molecule has 2 fully saturated rings. The van der Waals surface area contributed by atoms with Crippen molar-refractivity contribution >= 4 is 40.7 Å². The van der Waals surface area contributed by atoms with Gasteiger partial charge in [0.2, 0.25) is 11.8 Å². The summed E-state index contributed by atoms with van der Waals surface area (Å²) in [5.41, 5.74) is 1.32. The number of amides is 2. The smallest absolute Gasteiger partial charge is 0.238 e. The van der Waals surface area contributed by atoms with Crippen molar-refractivity contribution < 1.29 is 9.59 Å². The van der Waals surface area contributed by atoms with Gasteiger partial charge in [-0.15, -0.1) is 0 Å². The van der Waals surface area contributed by atoms with Gasteiger partial charge in [0.05, 0.1) is 29.2 Å². The van der Waals surface area contributed by atoms with Gasteiger partial charge >= 0.3 is 0 Å². The number of rotatable bonds is 2. The minimum atomic E-state index is -0.527. The number of piperidine rings is 1. The number of nitrogens with zero attached hydrogens (tertiary/aromatic N) is 2. The second kappa shape index (κ2) is 5.32. The fourth-order valence-electron chi connectivity index (χ4n) is 3.88. The van der Waals surface area contributed by atoms with E-state index in [1.54, 1.807) is 30.3 Å². The molecule has 2 amide bonds. The van der Waals surface area contributed by atoms with E-state index in [2.05, 4.69) is 6.07 Å². The van der Waals surface area contributed by atoms with Gasteiger partial charge in [-0.05, 0) is 35.9 Å². The number of hydrogen-bond donors (Lipinski definition) is 0. The van der Waals surface area contributed by atoms with Crippen molar-refractivity contribution in [2.24, 2.45) is 11.8 Å². The van der Waals surface area contributed by atoms with Crippen LogP contribution in [0, 0.1) is 23.2 Å². The molecular weight excluding hydrogens is 359 g/mol. The Morgan fingerprint density at radius 1 is 1.00 bits per heavy atom. The van der Waals surface area contributed by atoms with Crippen molar-refractivity contribution in [3.8, 4) is 6.07 Å². The van der Waals surface area contributed by atoms with Crippen molar-refractivity contribution in [1.82, 2.24) is 0 Å². The predicted molar refractivity (Wildman–Crippen MR) is 94.4 cm³/mol. The summed E-state index contributed by atoms with van der Waals surface area (Å²) >= 11 is 12.0. The topological polar surface area (TPSA) is 61.2 Å². The first-order valence-electron chi connectivity index (χ1n) is 7.72. The van der Waals surface area contributed by atoms with E-state index in [-0.39, 0.29) is 11.8 Å². The lowest BCUT2D eigenvalue weighted by atomic mass is 9.91. The average Bonchev–Trinajstić information content (AvgIpc) is 3.11. The monoisotopic (exact) mass is 370 g/mol. The highest BCUT2D eigenvalue weighted by atomic mass is 35.5. The van der Waals surface area contributed by atoms with Gasteiger partial charge in [0, 0.05) is 15.5 Å². The number of carbonyl (C=O) groups is 2. The maximum absolute atomic E-state index is 12.9. The van der Waals surface area contributed by atoms with Gasteiger partial charge in [-0.1, -0.05) is 42.3 Å². The largest absolute Gasteiger partial charge is 0.274 e. The summed E-state index contributed by atoms with van der Waals surface area (Å²) in [5, 5.41) is 9.66. The first-order valence-corrected chi connectivity index (χ1v) is 8.48. The van der Waals surface area contributed by atoms with Crippen LogP contribution in [-0.4, -0.2) is 11.8 Å². The molecule has 2 aromatic carbocycles. The Balaban J connectivity index is 1.68. The molecule has 1 aliphatic carbocycles. The molecule has 1 saturated carbocycles. The number of imide groups is 1. The van der Waals surface area contributed by atoms with Gasteiger partial charge in [-0.25, -0.2) is 4.90 Å². The molecule has 0 spiro atoms. The summed E-state index contributed by atoms with van der Waals surface area (Å²) in [6.45, 7) is 1.92. The Morgan fingerprint density at radius 3 is 2.00 bits per heavy atom. The lowest BCUT2D eigenvalue weighted by molar-refractivity contribution is -0.124. The van der Waals surface area contributed by atoms with Crippen LogP contribution in [-0.2, 0) is 15.0 Å². The summed E-state index contributed by atoms with van der Waals surface area (Å²) in [5.74, 6) is -1.27. The molecule has 4 rings (SSSR count). The molecule has 2 aromatic rings. The maximum Gasteiger partial charge on any atom is 0.238 e. The van der Waals surface area contributed by atoms with Crippen molar-refractivity contribution in [2.75, 3.05) is 4.90 Å². The van der Waals surface area contributed by atoms with Crippen LogP contribution >= 0.6 is 23.2 Å². The van der Waals surface area contributed by atoms with E-state index in [9.17, 15) is 9.59 Å². The van der Waals surface area contributed by atoms with Crippen molar-refractivity contribution in [2.45, 2.75) is 12.3 Å². The molecule has 0 aromatic heterocycles. The fourth-order valence-corrected chi connectivity index (χ4v) is 4.40. The third kappa shape index (κ3) is 2.20. The van der Waals surface area contributed by atoms with Crippen molar-refractivity contribution in [3.05, 3.63) is 63.6 Å². The summed E-state index contributed by atoms with van der Waals surface area (Å²) in [6, 6.07) is 13.8. The van der Waals surface area contributed by atoms with Crippen molar-refractivity contribution in [1.29, 1.82) is 5.26 Å². The zero-order chi connectivity index (χ0) is 17.9. The van der Waals surface area contributed by atoms with E-state index in [0.717, 1.165) is 5.56 Å². The molecule has 1 aliphatic heterocycles. The van der Waals surface area contributed by atoms with E-state index in [1.165, 1.54) is 4.90 Å². The number of nitriles is 1. The third-order valence-corrected chi connectivity index (χ3v) is 5.67. The standard InChI is InChI=1S/C19H12Cl2N2O2/c1-19(11-4-2-10(9-22)3-5-11)15-16(19)18(25)23(17(15)24)14-7-12(20)6-13(21)8-14/h2-8,15-16H,1H3/t15-,16?,19+/m0/s1. The molecule has 4 nitrogen and oxygen atoms in total. The molecular formula is C19H12Cl2N2O2. The van der Waals surface area contributed by atoms with Crippen LogP contribution < -0.4 is 4.90 Å². The minimum absolute atomic E-state index is 0.236. The maximum atomic E-state index is 12.9. The van der Waals surface area contributed by atoms with E-state index in [1.807, 2.05) is 19.1 Å². The SMILES string of the molecule is C[C@]1(c2ccc(C#N)cc2)C2C(=O)N(c3cc(Cl)cc(Cl)c3)C(=O)[C@H]21. The molecule has 0 radical (unpaired) electrons. The average molecular weight is 371 g/mol. The van der Waals surface area contributed by atoms with Crippen LogP contribution in [0.25, 0.3) is 0 Å². The first kappa shape index (κ1) is 16.1. The highest BCUT2D eigenvalue weighted by Gasteiger charge is 2.75. The molecule has 0 N–H and O–H groups in total. The van der Waals surface area contributed by atoms with Gasteiger partial charge in [0.15, 0.2) is 0 Å². The Morgan fingerprint density at radius 2 is 1.52 bits per heavy atom. The predicted octanol–water partition coefficient (Wildman–Crippen LogP) is 3.94. The van der Waals surface area contributed by atoms with E-state index >= 15 is 0 Å². The number of fused-ring (bicyclic) bond motifs is 1. The quantitative estimate of drug-likeness (QED) is 0.752. The van der Waals surface area contributed by atoms with Gasteiger partial charge in [0.25, 0.3) is 0 Å². The molecule has 124 valence electrons. The fraction of sp³-hybridized carbons (Fsp3) is 0.211. The summed E-state index contributed by atoms with van der Waals surface area (Å²) in [4.78, 5) is 26.9. The molecule has 25 heavy (non-hydrogen) atoms. The van der Waals surface area contributed by atoms with E-state index < -0.39 is 17.3 Å². The van der Waals surface area contributed by atoms with E-state index in [0.29, 0.717) is 21.3 Å². The van der Waals surface area contributed by atoms with Crippen LogP contribution in [0.5, 0.6) is 0 Å². The number of carbonyl (C=O) groups excluding carboxylic acids is 2. The highest BCUT2D eigenvalue weighted by Crippen LogP contribution is 2.64. The molecule has 3 atom stereocenters. The summed E-state index contributed by atoms with van der Waals surface area (Å²) < 4.78 is 0. The molecule has 2 aliphatic rings. The Hall–Kier alpha value is -2.35. The number of hydrogen-bond acceptors (Lipinski definition) is 3. The first-order chi connectivity index (χ1) is 11.9. The van der Waals surface area contributed by atoms with Gasteiger partial charge < -0.3 is 0 Å². The molecule has 6 heteroatoms. The van der Waals surface area contributed by atoms with Gasteiger partial charge in [0.1, 0.15) is 0 Å². The highest BCUT2D eigenvalue weighted by molar-refractivity contribution is 6.36. The van der Waals surface area contributed by atoms with Crippen LogP contribution in [0.3, 0.4) is 0 Å². The van der Waals surface area contributed by atoms with Gasteiger partial charge in [-0.3, -0.25) is 9.59 Å². The number of anilines is 1. The van der Waals surface area contributed by atoms with Crippen LogP contribution in [0.1, 0.15) is 18.1 Å². The third-order valence-electron chi connectivity index (χ3n) is 5.23. The normalized spacial score (nSPS) is 27.2. The van der Waals surface area contributed by atoms with Gasteiger partial charge in [-0.2, -0.15) is 5.26 Å². The van der Waals surface area contributed by atoms with Crippen molar-refractivity contribution in [3.63, 3.8) is 0 Å². The zero-order valence-corrected chi connectivity index (χ0v) is 14.7. The van der Waals surface area contributed by atoms with Crippen LogP contribution in [0.15, 0.2) is 42.5 Å². The molecule has 1 heterocycles. The number of benzene rings is 2. The summed E-state index contributed by atoms with van der Waals surface area (Å²) in [7, 11) is 0. The minimum Gasteiger partial charge on any atom is -0.274 e.